The highest BCUT2D eigenvalue weighted by atomic mass is 79.9. The van der Waals surface area contributed by atoms with Gasteiger partial charge in [0.1, 0.15) is 11.6 Å². The zero-order chi connectivity index (χ0) is 18.2. The number of amides is 1. The minimum atomic E-state index is -0.528. The second-order valence-electron chi connectivity index (χ2n) is 4.84. The van der Waals surface area contributed by atoms with Gasteiger partial charge in [-0.15, -0.1) is 0 Å². The fraction of sp³-hybridized carbons (Fsp3) is 0.111. The molecule has 0 spiro atoms. The summed E-state index contributed by atoms with van der Waals surface area (Å²) < 4.78 is 11.3. The van der Waals surface area contributed by atoms with Gasteiger partial charge in [0.25, 0.3) is 5.91 Å². The number of carbonyl (C=O) groups is 1. The Balaban J connectivity index is 2.10. The van der Waals surface area contributed by atoms with Gasteiger partial charge in [-0.1, -0.05) is 15.9 Å². The Morgan fingerprint density at radius 1 is 1.08 bits per heavy atom. The van der Waals surface area contributed by atoms with E-state index in [1.807, 2.05) is 30.3 Å². The lowest BCUT2D eigenvalue weighted by Crippen LogP contribution is -2.14. The Hall–Kier alpha value is -2.98. The second kappa shape index (κ2) is 8.76. The molecule has 0 radical (unpaired) electrons. The van der Waals surface area contributed by atoms with Crippen molar-refractivity contribution < 1.29 is 14.3 Å². The lowest BCUT2D eigenvalue weighted by molar-refractivity contribution is -0.112. The molecular weight excluding hydrogens is 386 g/mol. The Morgan fingerprint density at radius 3 is 2.32 bits per heavy atom. The number of nitrogens with zero attached hydrogens (tertiary/aromatic N) is 1. The average Bonchev–Trinajstić information content (AvgIpc) is 2.63. The lowest BCUT2D eigenvalue weighted by atomic mass is 10.2. The molecule has 6 nitrogen and oxygen atoms in total. The highest BCUT2D eigenvalue weighted by Crippen LogP contribution is 2.29. The molecule has 2 aromatic rings. The summed E-state index contributed by atoms with van der Waals surface area (Å²) in [7, 11) is 3.03. The number of rotatable bonds is 6. The van der Waals surface area contributed by atoms with E-state index < -0.39 is 5.91 Å². The molecule has 1 amide bonds. The summed E-state index contributed by atoms with van der Waals surface area (Å²) >= 11 is 3.34. The number of carbonyl (C=O) groups excluding carboxylic acids is 1. The van der Waals surface area contributed by atoms with Crippen LogP contribution in [0.1, 0.15) is 0 Å². The topological polar surface area (TPSA) is 83.4 Å². The molecule has 25 heavy (non-hydrogen) atoms. The van der Waals surface area contributed by atoms with Gasteiger partial charge in [-0.3, -0.25) is 4.79 Å². The van der Waals surface area contributed by atoms with Crippen molar-refractivity contribution in [2.24, 2.45) is 0 Å². The monoisotopic (exact) mass is 401 g/mol. The van der Waals surface area contributed by atoms with E-state index in [9.17, 15) is 10.1 Å². The molecule has 0 saturated heterocycles. The van der Waals surface area contributed by atoms with Crippen molar-refractivity contribution in [1.29, 1.82) is 5.26 Å². The predicted molar refractivity (Wildman–Crippen MR) is 99.6 cm³/mol. The molecule has 0 aliphatic heterocycles. The van der Waals surface area contributed by atoms with E-state index >= 15 is 0 Å². The maximum absolute atomic E-state index is 12.3. The smallest absolute Gasteiger partial charge is 0.267 e. The maximum Gasteiger partial charge on any atom is 0.267 e. The van der Waals surface area contributed by atoms with Crippen LogP contribution in [0.15, 0.2) is 58.7 Å². The first-order chi connectivity index (χ1) is 12.1. The van der Waals surface area contributed by atoms with E-state index in [-0.39, 0.29) is 5.57 Å². The third-order valence-electron chi connectivity index (χ3n) is 3.23. The molecule has 2 aromatic carbocycles. The summed E-state index contributed by atoms with van der Waals surface area (Å²) in [5.74, 6) is 0.503. The molecule has 7 heteroatoms. The molecule has 0 fully saturated rings. The number of benzene rings is 2. The number of anilines is 2. The molecule has 0 unspecified atom stereocenters. The van der Waals surface area contributed by atoms with Gasteiger partial charge in [-0.05, 0) is 36.4 Å². The lowest BCUT2D eigenvalue weighted by Gasteiger charge is -2.10. The summed E-state index contributed by atoms with van der Waals surface area (Å²) in [6.45, 7) is 0. The highest BCUT2D eigenvalue weighted by Gasteiger charge is 2.11. The number of hydrogen-bond donors (Lipinski definition) is 2. The van der Waals surface area contributed by atoms with Crippen LogP contribution >= 0.6 is 15.9 Å². The average molecular weight is 402 g/mol. The van der Waals surface area contributed by atoms with Gasteiger partial charge in [-0.2, -0.15) is 5.26 Å². The minimum Gasteiger partial charge on any atom is -0.493 e. The summed E-state index contributed by atoms with van der Waals surface area (Å²) in [5.41, 5.74) is 1.19. The fourth-order valence-electron chi connectivity index (χ4n) is 1.96. The molecule has 0 aliphatic carbocycles. The molecule has 2 rings (SSSR count). The number of halogens is 1. The molecule has 0 atom stereocenters. The molecule has 0 aliphatic rings. The molecule has 0 aromatic heterocycles. The van der Waals surface area contributed by atoms with Crippen molar-refractivity contribution in [2.45, 2.75) is 0 Å². The van der Waals surface area contributed by atoms with Crippen molar-refractivity contribution in [3.8, 4) is 17.6 Å². The van der Waals surface area contributed by atoms with Crippen LogP contribution in [0.25, 0.3) is 0 Å². The van der Waals surface area contributed by atoms with Gasteiger partial charge < -0.3 is 20.1 Å². The maximum atomic E-state index is 12.3. The Morgan fingerprint density at radius 2 is 1.72 bits per heavy atom. The number of nitrogens with one attached hydrogen (secondary N) is 2. The first-order valence-corrected chi connectivity index (χ1v) is 8.02. The number of methoxy groups -OCH3 is 2. The van der Waals surface area contributed by atoms with Crippen LogP contribution in [0.5, 0.6) is 11.5 Å². The summed E-state index contributed by atoms with van der Waals surface area (Å²) in [6, 6.07) is 14.2. The normalized spacial score (nSPS) is 10.6. The fourth-order valence-corrected chi connectivity index (χ4v) is 2.23. The van der Waals surface area contributed by atoms with E-state index in [0.29, 0.717) is 17.2 Å². The molecule has 2 N–H and O–H groups in total. The number of hydrogen-bond acceptors (Lipinski definition) is 5. The van der Waals surface area contributed by atoms with Crippen LogP contribution < -0.4 is 20.1 Å². The molecule has 128 valence electrons. The zero-order valence-electron chi connectivity index (χ0n) is 13.7. The first-order valence-electron chi connectivity index (χ1n) is 7.23. The largest absolute Gasteiger partial charge is 0.493 e. The van der Waals surface area contributed by atoms with E-state index in [0.717, 1.165) is 10.2 Å². The van der Waals surface area contributed by atoms with Gasteiger partial charge in [0.15, 0.2) is 11.5 Å². The van der Waals surface area contributed by atoms with Crippen molar-refractivity contribution >= 4 is 33.2 Å². The van der Waals surface area contributed by atoms with Gasteiger partial charge in [0, 0.05) is 28.1 Å². The van der Waals surface area contributed by atoms with Crippen molar-refractivity contribution in [2.75, 3.05) is 24.9 Å². The second-order valence-corrected chi connectivity index (χ2v) is 5.76. The van der Waals surface area contributed by atoms with Crippen LogP contribution in [0.2, 0.25) is 0 Å². The Kier molecular flexibility index (Phi) is 6.43. The van der Waals surface area contributed by atoms with Crippen LogP contribution in [0, 0.1) is 11.3 Å². The van der Waals surface area contributed by atoms with Crippen molar-refractivity contribution in [3.63, 3.8) is 0 Å². The van der Waals surface area contributed by atoms with Crippen LogP contribution in [-0.2, 0) is 4.79 Å². The van der Waals surface area contributed by atoms with Crippen molar-refractivity contribution in [3.05, 3.63) is 58.7 Å². The van der Waals surface area contributed by atoms with Crippen LogP contribution in [0.3, 0.4) is 0 Å². The third-order valence-corrected chi connectivity index (χ3v) is 3.76. The van der Waals surface area contributed by atoms with Crippen molar-refractivity contribution in [1.82, 2.24) is 0 Å². The van der Waals surface area contributed by atoms with Crippen LogP contribution in [-0.4, -0.2) is 20.1 Å². The quantitative estimate of drug-likeness (QED) is 0.565. The standard InChI is InChI=1S/C18H16BrN3O3/c1-24-16-8-7-15(9-17(16)25-2)22-18(23)12(10-20)11-21-14-5-3-13(19)4-6-14/h3-9,11,21H,1-2H3,(H,22,23)/b12-11-. The van der Waals surface area contributed by atoms with Crippen LogP contribution in [0.4, 0.5) is 11.4 Å². The molecule has 0 bridgehead atoms. The summed E-state index contributed by atoms with van der Waals surface area (Å²) in [6.07, 6.45) is 1.36. The van der Waals surface area contributed by atoms with E-state index in [1.54, 1.807) is 18.2 Å². The number of ether oxygens (including phenoxy) is 2. The molecular formula is C18H16BrN3O3. The SMILES string of the molecule is COc1ccc(NC(=O)/C(C#N)=C\Nc2ccc(Br)cc2)cc1OC. The summed E-state index contributed by atoms with van der Waals surface area (Å²) in [4.78, 5) is 12.3. The molecule has 0 heterocycles. The zero-order valence-corrected chi connectivity index (χ0v) is 15.3. The van der Waals surface area contributed by atoms with E-state index in [4.69, 9.17) is 9.47 Å². The predicted octanol–water partition coefficient (Wildman–Crippen LogP) is 3.92. The minimum absolute atomic E-state index is 0.0577. The van der Waals surface area contributed by atoms with E-state index in [2.05, 4.69) is 26.6 Å². The van der Waals surface area contributed by atoms with Gasteiger partial charge in [0.05, 0.1) is 14.2 Å². The Labute approximate surface area is 154 Å². The highest BCUT2D eigenvalue weighted by molar-refractivity contribution is 9.10. The van der Waals surface area contributed by atoms with Gasteiger partial charge in [-0.25, -0.2) is 0 Å². The van der Waals surface area contributed by atoms with Gasteiger partial charge >= 0.3 is 0 Å². The number of nitriles is 1. The third kappa shape index (κ3) is 4.99. The molecule has 0 saturated carbocycles. The Bertz CT molecular complexity index is 826. The first kappa shape index (κ1) is 18.4. The summed E-state index contributed by atoms with van der Waals surface area (Å²) in [5, 5.41) is 14.8. The van der Waals surface area contributed by atoms with Gasteiger partial charge in [0.2, 0.25) is 0 Å². The van der Waals surface area contributed by atoms with E-state index in [1.165, 1.54) is 20.4 Å².